The molecule has 0 aliphatic heterocycles. The smallest absolute Gasteiger partial charge is 0.208 e. The number of halogens is 1. The zero-order valence-corrected chi connectivity index (χ0v) is 12.5. The first-order valence-electron chi connectivity index (χ1n) is 5.41. The van der Waals surface area contributed by atoms with Crippen molar-refractivity contribution in [3.63, 3.8) is 0 Å². The second-order valence-corrected chi connectivity index (χ2v) is 6.09. The van der Waals surface area contributed by atoms with Crippen molar-refractivity contribution in [1.29, 1.82) is 0 Å². The number of sulfonamides is 1. The summed E-state index contributed by atoms with van der Waals surface area (Å²) in [5, 5.41) is 0. The summed E-state index contributed by atoms with van der Waals surface area (Å²) in [5.74, 6) is 0.259. The van der Waals surface area contributed by atoms with Gasteiger partial charge in [-0.2, -0.15) is 0 Å². The van der Waals surface area contributed by atoms with Crippen LogP contribution in [0.5, 0.6) is 0 Å². The molecule has 0 aromatic carbocycles. The van der Waals surface area contributed by atoms with Crippen LogP contribution in [0.1, 0.15) is 25.7 Å². The van der Waals surface area contributed by atoms with E-state index in [9.17, 15) is 8.42 Å². The molecule has 0 aromatic heterocycles. The van der Waals surface area contributed by atoms with Gasteiger partial charge in [0, 0.05) is 12.6 Å². The predicted molar refractivity (Wildman–Crippen MR) is 74.7 cm³/mol. The average Bonchev–Trinajstić information content (AvgIpc) is 2.14. The summed E-state index contributed by atoms with van der Waals surface area (Å²) >= 11 is 0. The minimum atomic E-state index is -3.16. The first kappa shape index (κ1) is 16.7. The molecule has 0 aromatic rings. The first-order valence-corrected chi connectivity index (χ1v) is 7.30. The predicted octanol–water partition coefficient (Wildman–Crippen LogP) is -0.0543. The number of nitrogens with zero attached hydrogens (tertiary/aromatic N) is 1. The first-order chi connectivity index (χ1) is 7.38. The molecule has 0 radical (unpaired) electrons. The van der Waals surface area contributed by atoms with Crippen LogP contribution in [-0.4, -0.2) is 33.2 Å². The van der Waals surface area contributed by atoms with Crippen molar-refractivity contribution >= 4 is 33.0 Å². The van der Waals surface area contributed by atoms with E-state index in [-0.39, 0.29) is 34.9 Å². The summed E-state index contributed by atoms with van der Waals surface area (Å²) in [6.07, 6.45) is 5.15. The molecule has 8 heteroatoms. The number of nitrogens with one attached hydrogen (secondary N) is 1. The summed E-state index contributed by atoms with van der Waals surface area (Å²) in [7, 11) is -3.16. The fourth-order valence-corrected chi connectivity index (χ4v) is 2.94. The van der Waals surface area contributed by atoms with Crippen molar-refractivity contribution in [2.75, 3.05) is 12.8 Å². The Bertz CT molecular complexity index is 354. The van der Waals surface area contributed by atoms with Crippen LogP contribution in [0.4, 0.5) is 0 Å². The molecule has 6 nitrogen and oxygen atoms in total. The standard InChI is InChI=1S/C9H20N4O2S.BrH/c1-16(14,15)13-8-5-3-2-4-7(8)6-12-9(10)11;/h7-8,13H,2-6H2,1H3,(H4,10,11,12);1H. The molecule has 1 aliphatic carbocycles. The number of aliphatic imine (C=N–C) groups is 1. The van der Waals surface area contributed by atoms with E-state index in [4.69, 9.17) is 11.5 Å². The van der Waals surface area contributed by atoms with E-state index in [0.717, 1.165) is 25.7 Å². The summed E-state index contributed by atoms with van der Waals surface area (Å²) in [6, 6.07) is -0.0353. The molecule has 17 heavy (non-hydrogen) atoms. The lowest BCUT2D eigenvalue weighted by Gasteiger charge is -2.30. The highest BCUT2D eigenvalue weighted by Gasteiger charge is 2.26. The molecule has 0 heterocycles. The van der Waals surface area contributed by atoms with E-state index >= 15 is 0 Å². The Balaban J connectivity index is 0.00000256. The highest BCUT2D eigenvalue weighted by Crippen LogP contribution is 2.25. The number of nitrogens with two attached hydrogens (primary N) is 2. The highest BCUT2D eigenvalue weighted by atomic mass is 79.9. The van der Waals surface area contributed by atoms with E-state index in [2.05, 4.69) is 9.71 Å². The minimum Gasteiger partial charge on any atom is -0.370 e. The van der Waals surface area contributed by atoms with Crippen molar-refractivity contribution in [2.24, 2.45) is 22.4 Å². The molecule has 0 bridgehead atoms. The Morgan fingerprint density at radius 1 is 1.35 bits per heavy atom. The van der Waals surface area contributed by atoms with E-state index in [1.54, 1.807) is 0 Å². The van der Waals surface area contributed by atoms with E-state index < -0.39 is 10.0 Å². The Kier molecular flexibility index (Phi) is 7.03. The highest BCUT2D eigenvalue weighted by molar-refractivity contribution is 8.93. The molecule has 1 rings (SSSR count). The van der Waals surface area contributed by atoms with Gasteiger partial charge in [-0.1, -0.05) is 12.8 Å². The van der Waals surface area contributed by atoms with Gasteiger partial charge in [-0.25, -0.2) is 13.1 Å². The second-order valence-electron chi connectivity index (χ2n) is 4.31. The molecule has 1 aliphatic rings. The maximum Gasteiger partial charge on any atom is 0.208 e. The van der Waals surface area contributed by atoms with Crippen molar-refractivity contribution in [2.45, 2.75) is 31.7 Å². The van der Waals surface area contributed by atoms with Crippen LogP contribution in [0.3, 0.4) is 0 Å². The minimum absolute atomic E-state index is 0. The third-order valence-electron chi connectivity index (χ3n) is 2.78. The van der Waals surface area contributed by atoms with Crippen LogP contribution >= 0.6 is 17.0 Å². The largest absolute Gasteiger partial charge is 0.370 e. The fraction of sp³-hybridized carbons (Fsp3) is 0.889. The molecular formula is C9H21BrN4O2S. The summed E-state index contributed by atoms with van der Waals surface area (Å²) in [4.78, 5) is 3.97. The van der Waals surface area contributed by atoms with Crippen LogP contribution in [0.2, 0.25) is 0 Å². The van der Waals surface area contributed by atoms with Crippen LogP contribution in [0, 0.1) is 5.92 Å². The Hall–Kier alpha value is -0.340. The Morgan fingerprint density at radius 3 is 2.47 bits per heavy atom. The van der Waals surface area contributed by atoms with Crippen LogP contribution in [0.25, 0.3) is 0 Å². The third-order valence-corrected chi connectivity index (χ3v) is 3.51. The van der Waals surface area contributed by atoms with Gasteiger partial charge >= 0.3 is 0 Å². The zero-order chi connectivity index (χ0) is 12.2. The van der Waals surface area contributed by atoms with Crippen LogP contribution < -0.4 is 16.2 Å². The van der Waals surface area contributed by atoms with Crippen LogP contribution in [0.15, 0.2) is 4.99 Å². The molecule has 0 spiro atoms. The van der Waals surface area contributed by atoms with E-state index in [0.29, 0.717) is 6.54 Å². The van der Waals surface area contributed by atoms with Gasteiger partial charge in [0.05, 0.1) is 6.26 Å². The lowest BCUT2D eigenvalue weighted by atomic mass is 9.85. The topological polar surface area (TPSA) is 111 Å². The number of rotatable bonds is 4. The maximum absolute atomic E-state index is 11.2. The molecule has 2 atom stereocenters. The molecule has 102 valence electrons. The SMILES string of the molecule is Br.CS(=O)(=O)NC1CCCCC1CN=C(N)N. The van der Waals surface area contributed by atoms with Crippen LogP contribution in [-0.2, 0) is 10.0 Å². The van der Waals surface area contributed by atoms with Gasteiger partial charge in [-0.05, 0) is 18.8 Å². The van der Waals surface area contributed by atoms with Gasteiger partial charge < -0.3 is 11.5 Å². The van der Waals surface area contributed by atoms with Gasteiger partial charge in [0.25, 0.3) is 0 Å². The molecule has 2 unspecified atom stereocenters. The fourth-order valence-electron chi connectivity index (χ4n) is 2.08. The van der Waals surface area contributed by atoms with Crippen molar-refractivity contribution in [1.82, 2.24) is 4.72 Å². The molecule has 1 fully saturated rings. The lowest BCUT2D eigenvalue weighted by molar-refractivity contribution is 0.297. The summed E-state index contributed by atoms with van der Waals surface area (Å²) in [6.45, 7) is 0.496. The normalized spacial score (nSPS) is 24.8. The average molecular weight is 329 g/mol. The summed E-state index contributed by atoms with van der Waals surface area (Å²) < 4.78 is 25.0. The number of guanidine groups is 1. The van der Waals surface area contributed by atoms with Crippen molar-refractivity contribution in [3.05, 3.63) is 0 Å². The molecule has 0 amide bonds. The van der Waals surface area contributed by atoms with Gasteiger partial charge in [-0.3, -0.25) is 4.99 Å². The Morgan fingerprint density at radius 2 is 1.94 bits per heavy atom. The lowest BCUT2D eigenvalue weighted by Crippen LogP contribution is -2.43. The van der Waals surface area contributed by atoms with Gasteiger partial charge in [0.15, 0.2) is 5.96 Å². The number of hydrogen-bond donors (Lipinski definition) is 3. The molecule has 1 saturated carbocycles. The van der Waals surface area contributed by atoms with Crippen molar-refractivity contribution in [3.8, 4) is 0 Å². The Labute approximate surface area is 113 Å². The quantitative estimate of drug-likeness (QED) is 0.496. The maximum atomic E-state index is 11.2. The molecule has 5 N–H and O–H groups in total. The van der Waals surface area contributed by atoms with E-state index in [1.165, 1.54) is 6.26 Å². The third kappa shape index (κ3) is 6.85. The zero-order valence-electron chi connectivity index (χ0n) is 9.93. The second kappa shape index (κ2) is 7.17. The van der Waals surface area contributed by atoms with Gasteiger partial charge in [0.2, 0.25) is 10.0 Å². The van der Waals surface area contributed by atoms with Crippen molar-refractivity contribution < 1.29 is 8.42 Å². The summed E-state index contributed by atoms with van der Waals surface area (Å²) in [5.41, 5.74) is 10.5. The van der Waals surface area contributed by atoms with Gasteiger partial charge in [-0.15, -0.1) is 17.0 Å². The molecule has 0 saturated heterocycles. The monoisotopic (exact) mass is 328 g/mol. The van der Waals surface area contributed by atoms with Gasteiger partial charge in [0.1, 0.15) is 0 Å². The molecular weight excluding hydrogens is 308 g/mol. The number of hydrogen-bond acceptors (Lipinski definition) is 3. The van der Waals surface area contributed by atoms with E-state index in [1.807, 2.05) is 0 Å².